The first kappa shape index (κ1) is 14.1. The van der Waals surface area contributed by atoms with Gasteiger partial charge in [-0.25, -0.2) is 9.78 Å². The highest BCUT2D eigenvalue weighted by atomic mass is 16.5. The standard InChI is InChI=1S/C16H14N2O4/c1-3-22-16(20)13-9-17-14-12-5-4-11(21-2)8-10(12)6-7-18(14)15(13)19/h4-9H,3H2,1-2H3. The van der Waals surface area contributed by atoms with Crippen LogP contribution in [-0.2, 0) is 4.74 Å². The molecule has 0 amide bonds. The summed E-state index contributed by atoms with van der Waals surface area (Å²) in [6.07, 6.45) is 2.86. The van der Waals surface area contributed by atoms with Crippen molar-refractivity contribution in [2.45, 2.75) is 6.92 Å². The predicted molar refractivity (Wildman–Crippen MR) is 81.5 cm³/mol. The quantitative estimate of drug-likeness (QED) is 0.546. The fourth-order valence-corrected chi connectivity index (χ4v) is 2.32. The molecule has 3 aromatic rings. The van der Waals surface area contributed by atoms with Gasteiger partial charge in [-0.2, -0.15) is 0 Å². The number of hydrogen-bond donors (Lipinski definition) is 0. The van der Waals surface area contributed by atoms with Crippen LogP contribution in [0.3, 0.4) is 0 Å². The summed E-state index contributed by atoms with van der Waals surface area (Å²) >= 11 is 0. The molecular weight excluding hydrogens is 284 g/mol. The zero-order valence-electron chi connectivity index (χ0n) is 12.2. The molecule has 0 aliphatic rings. The second-order valence-corrected chi connectivity index (χ2v) is 4.66. The van der Waals surface area contributed by atoms with Crippen molar-refractivity contribution in [3.63, 3.8) is 0 Å². The number of pyridine rings is 1. The topological polar surface area (TPSA) is 69.9 Å². The molecule has 0 fully saturated rings. The van der Waals surface area contributed by atoms with Gasteiger partial charge in [-0.05, 0) is 36.6 Å². The average molecular weight is 298 g/mol. The third kappa shape index (κ3) is 2.18. The van der Waals surface area contributed by atoms with Gasteiger partial charge in [0.15, 0.2) is 0 Å². The van der Waals surface area contributed by atoms with Gasteiger partial charge in [0, 0.05) is 17.8 Å². The number of aromatic nitrogens is 2. The lowest BCUT2D eigenvalue weighted by Gasteiger charge is -2.08. The van der Waals surface area contributed by atoms with Crippen molar-refractivity contribution in [2.24, 2.45) is 0 Å². The van der Waals surface area contributed by atoms with Crippen LogP contribution in [0.1, 0.15) is 17.3 Å². The first-order valence-electron chi connectivity index (χ1n) is 6.81. The number of nitrogens with zero attached hydrogens (tertiary/aromatic N) is 2. The molecule has 22 heavy (non-hydrogen) atoms. The largest absolute Gasteiger partial charge is 0.497 e. The summed E-state index contributed by atoms with van der Waals surface area (Å²) in [7, 11) is 1.59. The molecular formula is C16H14N2O4. The zero-order chi connectivity index (χ0) is 15.7. The Morgan fingerprint density at radius 2 is 2.14 bits per heavy atom. The molecule has 6 heteroatoms. The van der Waals surface area contributed by atoms with Gasteiger partial charge >= 0.3 is 5.97 Å². The van der Waals surface area contributed by atoms with Gasteiger partial charge < -0.3 is 9.47 Å². The molecule has 2 heterocycles. The predicted octanol–water partition coefficient (Wildman–Crippen LogP) is 2.03. The molecule has 0 saturated heterocycles. The van der Waals surface area contributed by atoms with E-state index in [1.54, 1.807) is 32.4 Å². The molecule has 3 rings (SSSR count). The summed E-state index contributed by atoms with van der Waals surface area (Å²) in [4.78, 5) is 28.4. The van der Waals surface area contributed by atoms with E-state index in [1.165, 1.54) is 10.6 Å². The number of rotatable bonds is 3. The van der Waals surface area contributed by atoms with Crippen molar-refractivity contribution in [3.8, 4) is 5.75 Å². The first-order valence-corrected chi connectivity index (χ1v) is 6.81. The third-order valence-electron chi connectivity index (χ3n) is 3.39. The van der Waals surface area contributed by atoms with E-state index in [9.17, 15) is 9.59 Å². The number of esters is 1. The van der Waals surface area contributed by atoms with E-state index in [4.69, 9.17) is 9.47 Å². The molecule has 0 bridgehead atoms. The molecule has 0 unspecified atom stereocenters. The number of carbonyl (C=O) groups excluding carboxylic acids is 1. The molecule has 1 aromatic carbocycles. The van der Waals surface area contributed by atoms with Crippen LogP contribution < -0.4 is 10.3 Å². The van der Waals surface area contributed by atoms with Crippen LogP contribution in [0.25, 0.3) is 16.4 Å². The van der Waals surface area contributed by atoms with Gasteiger partial charge in [0.2, 0.25) is 0 Å². The lowest BCUT2D eigenvalue weighted by Crippen LogP contribution is -2.24. The molecule has 0 atom stereocenters. The van der Waals surface area contributed by atoms with Gasteiger partial charge in [0.25, 0.3) is 5.56 Å². The lowest BCUT2D eigenvalue weighted by molar-refractivity contribution is 0.0523. The smallest absolute Gasteiger partial charge is 0.345 e. The van der Waals surface area contributed by atoms with Gasteiger partial charge in [-0.3, -0.25) is 9.20 Å². The summed E-state index contributed by atoms with van der Waals surface area (Å²) < 4.78 is 11.4. The first-order chi connectivity index (χ1) is 10.7. The second kappa shape index (κ2) is 5.48. The molecule has 2 aromatic heterocycles. The molecule has 0 aliphatic carbocycles. The van der Waals surface area contributed by atoms with Crippen molar-refractivity contribution in [3.05, 3.63) is 52.6 Å². The molecule has 0 aliphatic heterocycles. The Balaban J connectivity index is 2.26. The minimum atomic E-state index is -0.663. The molecule has 0 spiro atoms. The number of ether oxygens (including phenoxy) is 2. The molecule has 0 radical (unpaired) electrons. The highest BCUT2D eigenvalue weighted by Gasteiger charge is 2.15. The Hall–Kier alpha value is -2.89. The highest BCUT2D eigenvalue weighted by Crippen LogP contribution is 2.22. The van der Waals surface area contributed by atoms with E-state index in [1.807, 2.05) is 12.1 Å². The lowest BCUT2D eigenvalue weighted by atomic mass is 10.1. The summed E-state index contributed by atoms with van der Waals surface area (Å²) in [6.45, 7) is 1.89. The maximum atomic E-state index is 12.4. The van der Waals surface area contributed by atoms with Gasteiger partial charge in [-0.1, -0.05) is 0 Å². The Morgan fingerprint density at radius 1 is 1.32 bits per heavy atom. The monoisotopic (exact) mass is 298 g/mol. The van der Waals surface area contributed by atoms with Crippen LogP contribution in [-0.4, -0.2) is 29.1 Å². The zero-order valence-corrected chi connectivity index (χ0v) is 12.2. The summed E-state index contributed by atoms with van der Waals surface area (Å²) in [6, 6.07) is 7.28. The summed E-state index contributed by atoms with van der Waals surface area (Å²) in [5.74, 6) is 0.0616. The Bertz CT molecular complexity index is 930. The van der Waals surface area contributed by atoms with Crippen LogP contribution in [0, 0.1) is 0 Å². The van der Waals surface area contributed by atoms with Crippen molar-refractivity contribution in [1.82, 2.24) is 9.38 Å². The minimum absolute atomic E-state index is 0.0767. The van der Waals surface area contributed by atoms with E-state index in [-0.39, 0.29) is 12.2 Å². The molecule has 112 valence electrons. The fraction of sp³-hybridized carbons (Fsp3) is 0.188. The Morgan fingerprint density at radius 3 is 2.86 bits per heavy atom. The number of methoxy groups -OCH3 is 1. The van der Waals surface area contributed by atoms with Crippen LogP contribution in [0.2, 0.25) is 0 Å². The van der Waals surface area contributed by atoms with E-state index in [0.29, 0.717) is 5.65 Å². The fourth-order valence-electron chi connectivity index (χ4n) is 2.32. The number of hydrogen-bond acceptors (Lipinski definition) is 5. The van der Waals surface area contributed by atoms with Gasteiger partial charge in [0.05, 0.1) is 13.7 Å². The number of benzene rings is 1. The maximum absolute atomic E-state index is 12.4. The molecule has 0 N–H and O–H groups in total. The van der Waals surface area contributed by atoms with Crippen LogP contribution in [0.5, 0.6) is 5.75 Å². The van der Waals surface area contributed by atoms with E-state index in [0.717, 1.165) is 16.5 Å². The Kier molecular flexibility index (Phi) is 3.50. The van der Waals surface area contributed by atoms with Crippen molar-refractivity contribution in [1.29, 1.82) is 0 Å². The molecule has 6 nitrogen and oxygen atoms in total. The van der Waals surface area contributed by atoms with E-state index < -0.39 is 11.5 Å². The van der Waals surface area contributed by atoms with Crippen molar-refractivity contribution < 1.29 is 14.3 Å². The van der Waals surface area contributed by atoms with Crippen LogP contribution in [0.4, 0.5) is 0 Å². The van der Waals surface area contributed by atoms with Gasteiger partial charge in [-0.15, -0.1) is 0 Å². The van der Waals surface area contributed by atoms with Crippen LogP contribution in [0.15, 0.2) is 41.5 Å². The van der Waals surface area contributed by atoms with Crippen LogP contribution >= 0.6 is 0 Å². The van der Waals surface area contributed by atoms with E-state index in [2.05, 4.69) is 4.98 Å². The summed E-state index contributed by atoms with van der Waals surface area (Å²) in [5.41, 5.74) is -0.0356. The van der Waals surface area contributed by atoms with Crippen molar-refractivity contribution >= 4 is 22.4 Å². The number of carbonyl (C=O) groups is 1. The average Bonchev–Trinajstić information content (AvgIpc) is 2.54. The SMILES string of the molecule is CCOC(=O)c1cnc2c3ccc(OC)cc3ccn2c1=O. The second-order valence-electron chi connectivity index (χ2n) is 4.66. The van der Waals surface area contributed by atoms with Gasteiger partial charge in [0.1, 0.15) is 17.0 Å². The van der Waals surface area contributed by atoms with E-state index >= 15 is 0 Å². The Labute approximate surface area is 125 Å². The summed E-state index contributed by atoms with van der Waals surface area (Å²) in [5, 5.41) is 1.70. The maximum Gasteiger partial charge on any atom is 0.345 e. The normalized spacial score (nSPS) is 10.8. The third-order valence-corrected chi connectivity index (χ3v) is 3.39. The molecule has 0 saturated carbocycles. The van der Waals surface area contributed by atoms with Crippen molar-refractivity contribution in [2.75, 3.05) is 13.7 Å². The highest BCUT2D eigenvalue weighted by molar-refractivity contribution is 5.95. The number of fused-ring (bicyclic) bond motifs is 3. The minimum Gasteiger partial charge on any atom is -0.497 e.